The third-order valence-corrected chi connectivity index (χ3v) is 4.93. The minimum Gasteiger partial charge on any atom is -0.497 e. The van der Waals surface area contributed by atoms with E-state index < -0.39 is 0 Å². The van der Waals surface area contributed by atoms with Crippen molar-refractivity contribution in [2.75, 3.05) is 40.4 Å². The first-order chi connectivity index (χ1) is 13.5. The average Bonchev–Trinajstić information content (AvgIpc) is 2.98. The van der Waals surface area contributed by atoms with Gasteiger partial charge in [-0.25, -0.2) is 0 Å². The Morgan fingerprint density at radius 1 is 0.786 bits per heavy atom. The van der Waals surface area contributed by atoms with Gasteiger partial charge in [-0.05, 0) is 37.6 Å². The summed E-state index contributed by atoms with van der Waals surface area (Å²) in [4.78, 5) is 29.4. The molecule has 1 fully saturated rings. The summed E-state index contributed by atoms with van der Waals surface area (Å²) in [6.45, 7) is 4.23. The van der Waals surface area contributed by atoms with E-state index in [0.717, 1.165) is 12.0 Å². The van der Waals surface area contributed by atoms with E-state index in [1.54, 1.807) is 37.3 Å². The summed E-state index contributed by atoms with van der Waals surface area (Å²) >= 11 is 0. The second kappa shape index (κ2) is 8.78. The molecule has 6 heteroatoms. The second-order valence-electron chi connectivity index (χ2n) is 6.91. The first kappa shape index (κ1) is 19.7. The van der Waals surface area contributed by atoms with Gasteiger partial charge >= 0.3 is 0 Å². The van der Waals surface area contributed by atoms with Gasteiger partial charge in [0.2, 0.25) is 0 Å². The lowest BCUT2D eigenvalue weighted by Gasteiger charge is -2.23. The van der Waals surface area contributed by atoms with Crippen LogP contribution in [0.15, 0.2) is 42.5 Å². The maximum absolute atomic E-state index is 13.0. The Morgan fingerprint density at radius 2 is 1.36 bits per heavy atom. The number of carbonyl (C=O) groups excluding carboxylic acids is 2. The molecule has 3 rings (SSSR count). The summed E-state index contributed by atoms with van der Waals surface area (Å²) in [6, 6.07) is 12.8. The number of carbonyl (C=O) groups is 2. The van der Waals surface area contributed by atoms with Crippen molar-refractivity contribution >= 4 is 11.8 Å². The van der Waals surface area contributed by atoms with Crippen LogP contribution in [0.3, 0.4) is 0 Å². The van der Waals surface area contributed by atoms with E-state index in [1.165, 1.54) is 0 Å². The Labute approximate surface area is 165 Å². The maximum atomic E-state index is 13.0. The summed E-state index contributed by atoms with van der Waals surface area (Å²) in [5, 5.41) is 0. The lowest BCUT2D eigenvalue weighted by Crippen LogP contribution is -2.37. The van der Waals surface area contributed by atoms with Crippen LogP contribution in [0.25, 0.3) is 0 Å². The van der Waals surface area contributed by atoms with Crippen LogP contribution in [0, 0.1) is 6.92 Å². The van der Waals surface area contributed by atoms with E-state index >= 15 is 0 Å². The van der Waals surface area contributed by atoms with Crippen molar-refractivity contribution in [2.45, 2.75) is 13.3 Å². The van der Waals surface area contributed by atoms with E-state index in [9.17, 15) is 9.59 Å². The highest BCUT2D eigenvalue weighted by molar-refractivity contribution is 5.96. The smallest absolute Gasteiger partial charge is 0.254 e. The summed E-state index contributed by atoms with van der Waals surface area (Å²) in [5.74, 6) is 1.09. The van der Waals surface area contributed by atoms with E-state index in [0.29, 0.717) is 48.8 Å². The summed E-state index contributed by atoms with van der Waals surface area (Å²) in [7, 11) is 3.12. The molecule has 6 nitrogen and oxygen atoms in total. The quantitative estimate of drug-likeness (QED) is 0.816. The lowest BCUT2D eigenvalue weighted by atomic mass is 10.1. The Kier molecular flexibility index (Phi) is 6.19. The first-order valence-electron chi connectivity index (χ1n) is 9.40. The molecule has 1 aliphatic rings. The highest BCUT2D eigenvalue weighted by Gasteiger charge is 2.24. The number of benzene rings is 2. The van der Waals surface area contributed by atoms with Crippen LogP contribution in [-0.2, 0) is 0 Å². The van der Waals surface area contributed by atoms with Crippen molar-refractivity contribution < 1.29 is 19.1 Å². The highest BCUT2D eigenvalue weighted by Crippen LogP contribution is 2.24. The fourth-order valence-corrected chi connectivity index (χ4v) is 3.40. The van der Waals surface area contributed by atoms with Crippen molar-refractivity contribution in [3.63, 3.8) is 0 Å². The molecule has 2 amide bonds. The van der Waals surface area contributed by atoms with Crippen LogP contribution in [0.5, 0.6) is 11.5 Å². The molecule has 1 saturated heterocycles. The molecule has 148 valence electrons. The zero-order chi connectivity index (χ0) is 20.1. The molecular formula is C22H26N2O4. The molecule has 1 aliphatic heterocycles. The third kappa shape index (κ3) is 4.44. The fourth-order valence-electron chi connectivity index (χ4n) is 3.40. The van der Waals surface area contributed by atoms with Crippen LogP contribution in [0.4, 0.5) is 0 Å². The minimum absolute atomic E-state index is 0.0149. The zero-order valence-electron chi connectivity index (χ0n) is 16.6. The maximum Gasteiger partial charge on any atom is 0.254 e. The van der Waals surface area contributed by atoms with Crippen molar-refractivity contribution in [3.8, 4) is 11.5 Å². The average molecular weight is 382 g/mol. The van der Waals surface area contributed by atoms with Gasteiger partial charge in [-0.15, -0.1) is 0 Å². The van der Waals surface area contributed by atoms with Crippen LogP contribution in [-0.4, -0.2) is 62.0 Å². The molecule has 0 bridgehead atoms. The Hall–Kier alpha value is -3.02. The van der Waals surface area contributed by atoms with Crippen molar-refractivity contribution in [3.05, 3.63) is 59.2 Å². The lowest BCUT2D eigenvalue weighted by molar-refractivity contribution is 0.0718. The molecule has 2 aromatic carbocycles. The van der Waals surface area contributed by atoms with Gasteiger partial charge in [0.1, 0.15) is 11.5 Å². The number of amides is 2. The monoisotopic (exact) mass is 382 g/mol. The van der Waals surface area contributed by atoms with Crippen LogP contribution in [0.2, 0.25) is 0 Å². The number of nitrogens with zero attached hydrogens (tertiary/aromatic N) is 2. The van der Waals surface area contributed by atoms with Crippen molar-refractivity contribution in [1.29, 1.82) is 0 Å². The van der Waals surface area contributed by atoms with E-state index in [2.05, 4.69) is 0 Å². The Balaban J connectivity index is 1.71. The van der Waals surface area contributed by atoms with E-state index in [1.807, 2.05) is 36.1 Å². The molecule has 0 N–H and O–H groups in total. The topological polar surface area (TPSA) is 59.1 Å². The molecular weight excluding hydrogens is 356 g/mol. The largest absolute Gasteiger partial charge is 0.497 e. The molecule has 1 heterocycles. The van der Waals surface area contributed by atoms with Gasteiger partial charge in [0.05, 0.1) is 14.2 Å². The predicted octanol–water partition coefficient (Wildman–Crippen LogP) is 3.00. The third-order valence-electron chi connectivity index (χ3n) is 4.93. The summed E-state index contributed by atoms with van der Waals surface area (Å²) in [5.41, 5.74) is 2.27. The SMILES string of the molecule is COc1cc(OC)cc(C(=O)N2CCCN(C(=O)c3cccc(C)c3)CC2)c1. The normalized spacial score (nSPS) is 14.4. The van der Waals surface area contributed by atoms with E-state index in [4.69, 9.17) is 9.47 Å². The van der Waals surface area contributed by atoms with Gasteiger partial charge in [-0.2, -0.15) is 0 Å². The van der Waals surface area contributed by atoms with Gasteiger partial charge < -0.3 is 19.3 Å². The number of aryl methyl sites for hydroxylation is 1. The number of hydrogen-bond acceptors (Lipinski definition) is 4. The number of ether oxygens (including phenoxy) is 2. The van der Waals surface area contributed by atoms with Gasteiger partial charge in [0.15, 0.2) is 0 Å². The van der Waals surface area contributed by atoms with Crippen LogP contribution in [0.1, 0.15) is 32.7 Å². The molecule has 2 aromatic rings. The van der Waals surface area contributed by atoms with Crippen LogP contribution < -0.4 is 9.47 Å². The molecule has 28 heavy (non-hydrogen) atoms. The second-order valence-corrected chi connectivity index (χ2v) is 6.91. The number of hydrogen-bond donors (Lipinski definition) is 0. The van der Waals surface area contributed by atoms with Gasteiger partial charge in [0.25, 0.3) is 11.8 Å². The highest BCUT2D eigenvalue weighted by atomic mass is 16.5. The number of methoxy groups -OCH3 is 2. The van der Waals surface area contributed by atoms with Crippen molar-refractivity contribution in [2.24, 2.45) is 0 Å². The molecule has 0 unspecified atom stereocenters. The molecule has 0 atom stereocenters. The standard InChI is InChI=1S/C22H26N2O4/c1-16-6-4-7-17(12-16)21(25)23-8-5-9-24(11-10-23)22(26)18-13-19(27-2)15-20(14-18)28-3/h4,6-7,12-15H,5,8-11H2,1-3H3. The van der Waals surface area contributed by atoms with Gasteiger partial charge in [0, 0.05) is 43.4 Å². The van der Waals surface area contributed by atoms with Gasteiger partial charge in [-0.1, -0.05) is 17.7 Å². The molecule has 0 aliphatic carbocycles. The van der Waals surface area contributed by atoms with E-state index in [-0.39, 0.29) is 11.8 Å². The van der Waals surface area contributed by atoms with Gasteiger partial charge in [-0.3, -0.25) is 9.59 Å². The van der Waals surface area contributed by atoms with Crippen LogP contribution >= 0.6 is 0 Å². The molecule has 0 radical (unpaired) electrons. The molecule has 0 aromatic heterocycles. The number of rotatable bonds is 4. The Morgan fingerprint density at radius 3 is 1.89 bits per heavy atom. The summed E-state index contributed by atoms with van der Waals surface area (Å²) < 4.78 is 10.5. The minimum atomic E-state index is -0.0814. The Bertz CT molecular complexity index is 843. The zero-order valence-corrected chi connectivity index (χ0v) is 16.6. The molecule has 0 saturated carbocycles. The predicted molar refractivity (Wildman–Crippen MR) is 107 cm³/mol. The van der Waals surface area contributed by atoms with Crippen molar-refractivity contribution in [1.82, 2.24) is 9.80 Å². The summed E-state index contributed by atoms with van der Waals surface area (Å²) in [6.07, 6.45) is 0.740. The molecule has 0 spiro atoms. The first-order valence-corrected chi connectivity index (χ1v) is 9.40. The fraction of sp³-hybridized carbons (Fsp3) is 0.364.